The summed E-state index contributed by atoms with van der Waals surface area (Å²) in [6.45, 7) is 1.13. The molecule has 1 aliphatic heterocycles. The van der Waals surface area contributed by atoms with Gasteiger partial charge in [0.15, 0.2) is 0 Å². The van der Waals surface area contributed by atoms with Gasteiger partial charge in [0.2, 0.25) is 0 Å². The molecule has 1 aromatic heterocycles. The molecular weight excluding hydrogens is 312 g/mol. The van der Waals surface area contributed by atoms with Crippen LogP contribution in [0.1, 0.15) is 23.3 Å². The van der Waals surface area contributed by atoms with Crippen molar-refractivity contribution in [3.05, 3.63) is 41.4 Å². The number of hydrogen-bond donors (Lipinski definition) is 0. The van der Waals surface area contributed by atoms with Crippen molar-refractivity contribution in [2.24, 2.45) is 5.92 Å². The maximum Gasteiger partial charge on any atom is 0.308 e. The molecule has 3 rings (SSSR count). The first kappa shape index (κ1) is 15.7. The standard InChI is InChI=1S/C17H18N2O3S/c1-22-17(21)13-7-9-19(10-8-13)16(20)14-11-23-15(18-14)12-5-3-2-4-6-12/h2-6,11,13H,7-10H2,1H3. The number of likely N-dealkylation sites (tertiary alicyclic amines) is 1. The fourth-order valence-corrected chi connectivity index (χ4v) is 3.53. The van der Waals surface area contributed by atoms with Gasteiger partial charge in [0.1, 0.15) is 10.7 Å². The van der Waals surface area contributed by atoms with Gasteiger partial charge in [-0.15, -0.1) is 11.3 Å². The number of benzene rings is 1. The van der Waals surface area contributed by atoms with Gasteiger partial charge in [-0.1, -0.05) is 30.3 Å². The highest BCUT2D eigenvalue weighted by atomic mass is 32.1. The van der Waals surface area contributed by atoms with Crippen molar-refractivity contribution in [1.82, 2.24) is 9.88 Å². The number of nitrogens with zero attached hydrogens (tertiary/aromatic N) is 2. The molecule has 0 radical (unpaired) electrons. The van der Waals surface area contributed by atoms with Crippen LogP contribution >= 0.6 is 11.3 Å². The van der Waals surface area contributed by atoms with E-state index in [1.807, 2.05) is 30.3 Å². The summed E-state index contributed by atoms with van der Waals surface area (Å²) < 4.78 is 4.77. The summed E-state index contributed by atoms with van der Waals surface area (Å²) in [5.74, 6) is -0.344. The SMILES string of the molecule is COC(=O)C1CCN(C(=O)c2csc(-c3ccccc3)n2)CC1. The number of piperidine rings is 1. The van der Waals surface area contributed by atoms with Crippen LogP contribution in [0.25, 0.3) is 10.6 Å². The molecule has 0 atom stereocenters. The van der Waals surface area contributed by atoms with Gasteiger partial charge in [0.05, 0.1) is 13.0 Å². The molecule has 5 nitrogen and oxygen atoms in total. The summed E-state index contributed by atoms with van der Waals surface area (Å²) >= 11 is 1.47. The lowest BCUT2D eigenvalue weighted by Gasteiger charge is -2.30. The first-order chi connectivity index (χ1) is 11.2. The Labute approximate surface area is 138 Å². The van der Waals surface area contributed by atoms with Crippen molar-refractivity contribution >= 4 is 23.2 Å². The number of methoxy groups -OCH3 is 1. The first-order valence-electron chi connectivity index (χ1n) is 7.57. The summed E-state index contributed by atoms with van der Waals surface area (Å²) in [7, 11) is 1.40. The Morgan fingerprint density at radius 2 is 1.91 bits per heavy atom. The van der Waals surface area contributed by atoms with Gasteiger partial charge in [-0.05, 0) is 12.8 Å². The maximum absolute atomic E-state index is 12.5. The summed E-state index contributed by atoms with van der Waals surface area (Å²) in [5, 5.41) is 2.65. The molecule has 0 bridgehead atoms. The van der Waals surface area contributed by atoms with Crippen LogP contribution < -0.4 is 0 Å². The third-order valence-electron chi connectivity index (χ3n) is 4.06. The van der Waals surface area contributed by atoms with Crippen molar-refractivity contribution in [3.8, 4) is 10.6 Å². The third kappa shape index (κ3) is 3.42. The largest absolute Gasteiger partial charge is 0.469 e. The highest BCUT2D eigenvalue weighted by Gasteiger charge is 2.29. The molecule has 120 valence electrons. The molecule has 1 aliphatic rings. The second-order valence-corrected chi connectivity index (χ2v) is 6.35. The minimum atomic E-state index is -0.183. The predicted octanol–water partition coefficient (Wildman–Crippen LogP) is 2.84. The smallest absolute Gasteiger partial charge is 0.308 e. The van der Waals surface area contributed by atoms with Crippen LogP contribution in [0.3, 0.4) is 0 Å². The summed E-state index contributed by atoms with van der Waals surface area (Å²) in [6.07, 6.45) is 1.29. The molecule has 0 N–H and O–H groups in total. The van der Waals surface area contributed by atoms with Crippen LogP contribution in [-0.4, -0.2) is 42.0 Å². The van der Waals surface area contributed by atoms with Crippen LogP contribution in [0.2, 0.25) is 0 Å². The molecule has 0 spiro atoms. The minimum absolute atomic E-state index is 0.0632. The van der Waals surface area contributed by atoms with E-state index in [1.54, 1.807) is 10.3 Å². The predicted molar refractivity (Wildman–Crippen MR) is 88.2 cm³/mol. The van der Waals surface area contributed by atoms with Crippen molar-refractivity contribution < 1.29 is 14.3 Å². The van der Waals surface area contributed by atoms with Gasteiger partial charge in [0, 0.05) is 24.0 Å². The van der Waals surface area contributed by atoms with E-state index in [0.717, 1.165) is 10.6 Å². The average molecular weight is 330 g/mol. The van der Waals surface area contributed by atoms with Gasteiger partial charge in [-0.25, -0.2) is 4.98 Å². The quantitative estimate of drug-likeness (QED) is 0.812. The zero-order valence-corrected chi connectivity index (χ0v) is 13.7. The van der Waals surface area contributed by atoms with Gasteiger partial charge in [-0.2, -0.15) is 0 Å². The van der Waals surface area contributed by atoms with E-state index in [-0.39, 0.29) is 17.8 Å². The summed E-state index contributed by atoms with van der Waals surface area (Å²) in [6, 6.07) is 9.82. The minimum Gasteiger partial charge on any atom is -0.469 e. The molecule has 1 fully saturated rings. The molecule has 2 aromatic rings. The molecule has 0 aliphatic carbocycles. The number of carbonyl (C=O) groups is 2. The normalized spacial score (nSPS) is 15.4. The molecule has 0 saturated carbocycles. The molecule has 1 saturated heterocycles. The van der Waals surface area contributed by atoms with Crippen LogP contribution in [0.5, 0.6) is 0 Å². The zero-order chi connectivity index (χ0) is 16.2. The van der Waals surface area contributed by atoms with Crippen LogP contribution in [0.4, 0.5) is 0 Å². The van der Waals surface area contributed by atoms with E-state index in [2.05, 4.69) is 4.98 Å². The second-order valence-electron chi connectivity index (χ2n) is 5.49. The summed E-state index contributed by atoms with van der Waals surface area (Å²) in [4.78, 5) is 30.3. The Morgan fingerprint density at radius 3 is 2.57 bits per heavy atom. The Hall–Kier alpha value is -2.21. The first-order valence-corrected chi connectivity index (χ1v) is 8.45. The Kier molecular flexibility index (Phi) is 4.71. The highest BCUT2D eigenvalue weighted by molar-refractivity contribution is 7.13. The van der Waals surface area contributed by atoms with E-state index < -0.39 is 0 Å². The third-order valence-corrected chi connectivity index (χ3v) is 4.95. The van der Waals surface area contributed by atoms with Gasteiger partial charge < -0.3 is 9.64 Å². The molecule has 23 heavy (non-hydrogen) atoms. The Bertz CT molecular complexity index is 691. The lowest BCUT2D eigenvalue weighted by Crippen LogP contribution is -2.40. The van der Waals surface area contributed by atoms with E-state index in [9.17, 15) is 9.59 Å². The Morgan fingerprint density at radius 1 is 1.22 bits per heavy atom. The number of thiazole rings is 1. The molecule has 0 unspecified atom stereocenters. The van der Waals surface area contributed by atoms with E-state index >= 15 is 0 Å². The van der Waals surface area contributed by atoms with Gasteiger partial charge in [0.25, 0.3) is 5.91 Å². The molecule has 1 aromatic carbocycles. The monoisotopic (exact) mass is 330 g/mol. The fourth-order valence-electron chi connectivity index (χ4n) is 2.73. The zero-order valence-electron chi connectivity index (χ0n) is 12.9. The lowest BCUT2D eigenvalue weighted by atomic mass is 9.97. The lowest BCUT2D eigenvalue weighted by molar-refractivity contribution is -0.146. The van der Waals surface area contributed by atoms with Crippen molar-refractivity contribution in [2.75, 3.05) is 20.2 Å². The highest BCUT2D eigenvalue weighted by Crippen LogP contribution is 2.25. The topological polar surface area (TPSA) is 59.5 Å². The fraction of sp³-hybridized carbons (Fsp3) is 0.353. The number of hydrogen-bond acceptors (Lipinski definition) is 5. The molecular formula is C17H18N2O3S. The van der Waals surface area contributed by atoms with Crippen LogP contribution in [0.15, 0.2) is 35.7 Å². The van der Waals surface area contributed by atoms with E-state index in [4.69, 9.17) is 4.74 Å². The summed E-state index contributed by atoms with van der Waals surface area (Å²) in [5.41, 5.74) is 1.49. The van der Waals surface area contributed by atoms with E-state index in [1.165, 1.54) is 18.4 Å². The molecule has 1 amide bonds. The number of esters is 1. The molecule has 6 heteroatoms. The second kappa shape index (κ2) is 6.91. The van der Waals surface area contributed by atoms with E-state index in [0.29, 0.717) is 31.6 Å². The van der Waals surface area contributed by atoms with Crippen molar-refractivity contribution in [1.29, 1.82) is 0 Å². The number of amides is 1. The number of aromatic nitrogens is 1. The number of rotatable bonds is 3. The molecule has 2 heterocycles. The maximum atomic E-state index is 12.5. The van der Waals surface area contributed by atoms with Gasteiger partial charge >= 0.3 is 5.97 Å². The number of ether oxygens (including phenoxy) is 1. The van der Waals surface area contributed by atoms with Crippen molar-refractivity contribution in [3.63, 3.8) is 0 Å². The van der Waals surface area contributed by atoms with Gasteiger partial charge in [-0.3, -0.25) is 9.59 Å². The van der Waals surface area contributed by atoms with Crippen LogP contribution in [0, 0.1) is 5.92 Å². The Balaban J connectivity index is 1.66. The van der Waals surface area contributed by atoms with Crippen LogP contribution in [-0.2, 0) is 9.53 Å². The number of carbonyl (C=O) groups excluding carboxylic acids is 2. The van der Waals surface area contributed by atoms with Crippen molar-refractivity contribution in [2.45, 2.75) is 12.8 Å². The average Bonchev–Trinajstić information content (AvgIpc) is 3.11.